The second-order valence-corrected chi connectivity index (χ2v) is 20.3. The lowest BCUT2D eigenvalue weighted by molar-refractivity contribution is -0.870. The first-order valence-electron chi connectivity index (χ1n) is 25.9. The number of esters is 1. The van der Waals surface area contributed by atoms with Crippen molar-refractivity contribution in [2.75, 3.05) is 54.1 Å². The van der Waals surface area contributed by atoms with Crippen LogP contribution in [0.25, 0.3) is 0 Å². The molecule has 0 spiro atoms. The maximum absolute atomic E-state index is 12.7. The summed E-state index contributed by atoms with van der Waals surface area (Å²) in [6.45, 7) is 5.47. The highest BCUT2D eigenvalue weighted by Crippen LogP contribution is 2.38. The summed E-state index contributed by atoms with van der Waals surface area (Å²) in [5, 5.41) is 0. The fourth-order valence-corrected chi connectivity index (χ4v) is 8.27. The number of hydrogen-bond acceptors (Lipinski definition) is 7. The summed E-state index contributed by atoms with van der Waals surface area (Å²) in [7, 11) is 1.37. The Labute approximate surface area is 373 Å². The molecule has 0 aliphatic heterocycles. The van der Waals surface area contributed by atoms with Gasteiger partial charge in [0, 0.05) is 13.0 Å². The number of unbranched alkanes of at least 4 members (excludes halogenated alkanes) is 33. The van der Waals surface area contributed by atoms with Crippen LogP contribution >= 0.6 is 7.82 Å². The number of allylic oxidation sites excluding steroid dienone is 2. The molecule has 0 N–H and O–H groups in total. The summed E-state index contributed by atoms with van der Waals surface area (Å²) in [6.07, 6.45) is 50.9. The van der Waals surface area contributed by atoms with Crippen molar-refractivity contribution in [1.82, 2.24) is 0 Å². The van der Waals surface area contributed by atoms with Crippen LogP contribution in [0.2, 0.25) is 0 Å². The number of likely N-dealkylation sites (N-methyl/N-ethyl adjacent to an activating group) is 1. The average molecular weight is 872 g/mol. The maximum Gasteiger partial charge on any atom is 0.306 e. The SMILES string of the molecule is CCCCCCCCCC/C=C\CCCCCCCCCCCC(=O)OC(COCCCCCCCCCCCCCCCCCCC)COP(=O)([O-])OCC[N+](C)(C)C. The zero-order valence-corrected chi connectivity index (χ0v) is 41.6. The van der Waals surface area contributed by atoms with Crippen LogP contribution in [0.1, 0.15) is 251 Å². The molecule has 0 radical (unpaired) electrons. The van der Waals surface area contributed by atoms with Gasteiger partial charge >= 0.3 is 5.97 Å². The van der Waals surface area contributed by atoms with Gasteiger partial charge < -0.3 is 27.9 Å². The van der Waals surface area contributed by atoms with E-state index in [0.717, 1.165) is 32.1 Å². The van der Waals surface area contributed by atoms with Gasteiger partial charge in [-0.25, -0.2) is 0 Å². The fourth-order valence-electron chi connectivity index (χ4n) is 7.54. The minimum absolute atomic E-state index is 0.0294. The molecule has 0 heterocycles. The highest BCUT2D eigenvalue weighted by molar-refractivity contribution is 7.45. The minimum Gasteiger partial charge on any atom is -0.756 e. The standard InChI is InChI=1S/C51H102NO7P/c1-6-8-10-12-14-16-18-20-22-24-25-26-27-28-30-32-34-36-38-40-42-44-51(53)59-50(49-58-60(54,55)57-47-45-52(3,4)5)48-56-46-43-41-39-37-35-33-31-29-23-21-19-17-15-13-11-9-7-2/h24-25,50H,6-23,26-49H2,1-5H3/b25-24-. The monoisotopic (exact) mass is 872 g/mol. The lowest BCUT2D eigenvalue weighted by atomic mass is 10.0. The zero-order valence-electron chi connectivity index (χ0n) is 40.7. The maximum atomic E-state index is 12.7. The Morgan fingerprint density at radius 2 is 0.867 bits per heavy atom. The van der Waals surface area contributed by atoms with E-state index in [1.165, 1.54) is 199 Å². The Kier molecular flexibility index (Phi) is 44.3. The molecule has 0 bridgehead atoms. The predicted octanol–water partition coefficient (Wildman–Crippen LogP) is 15.2. The largest absolute Gasteiger partial charge is 0.756 e. The molecular weight excluding hydrogens is 770 g/mol. The molecule has 358 valence electrons. The third-order valence-corrected chi connectivity index (χ3v) is 12.5. The van der Waals surface area contributed by atoms with Crippen molar-refractivity contribution >= 4 is 13.8 Å². The number of carbonyl (C=O) groups is 1. The second kappa shape index (κ2) is 44.8. The number of phosphoric ester groups is 1. The number of rotatable bonds is 49. The summed E-state index contributed by atoms with van der Waals surface area (Å²) in [4.78, 5) is 25.2. The minimum atomic E-state index is -4.52. The van der Waals surface area contributed by atoms with Gasteiger partial charge in [-0.05, 0) is 38.5 Å². The topological polar surface area (TPSA) is 94.1 Å². The first-order chi connectivity index (χ1) is 29.1. The molecule has 0 fully saturated rings. The molecular formula is C51H102NO7P. The summed E-state index contributed by atoms with van der Waals surface area (Å²) in [5.74, 6) is -0.330. The van der Waals surface area contributed by atoms with Crippen molar-refractivity contribution in [2.45, 2.75) is 258 Å². The van der Waals surface area contributed by atoms with Crippen LogP contribution in [-0.4, -0.2) is 70.7 Å². The van der Waals surface area contributed by atoms with Gasteiger partial charge in [0.05, 0.1) is 34.4 Å². The summed E-state index contributed by atoms with van der Waals surface area (Å²) < 4.78 is 34.8. The molecule has 0 aliphatic rings. The smallest absolute Gasteiger partial charge is 0.306 e. The number of quaternary nitrogens is 1. The Bertz CT molecular complexity index is 972. The van der Waals surface area contributed by atoms with E-state index in [9.17, 15) is 14.3 Å². The Balaban J connectivity index is 4.10. The fraction of sp³-hybridized carbons (Fsp3) is 0.941. The second-order valence-electron chi connectivity index (χ2n) is 18.9. The van der Waals surface area contributed by atoms with Gasteiger partial charge in [0.2, 0.25) is 0 Å². The number of ether oxygens (including phenoxy) is 2. The van der Waals surface area contributed by atoms with Gasteiger partial charge in [-0.3, -0.25) is 9.36 Å². The van der Waals surface area contributed by atoms with Crippen LogP contribution in [0, 0.1) is 0 Å². The number of nitrogens with zero attached hydrogens (tertiary/aromatic N) is 1. The van der Waals surface area contributed by atoms with E-state index < -0.39 is 13.9 Å². The molecule has 0 aromatic carbocycles. The van der Waals surface area contributed by atoms with Gasteiger partial charge in [0.1, 0.15) is 19.3 Å². The first kappa shape index (κ1) is 59.2. The van der Waals surface area contributed by atoms with Gasteiger partial charge in [0.25, 0.3) is 7.82 Å². The van der Waals surface area contributed by atoms with E-state index in [1.54, 1.807) is 0 Å². The molecule has 0 amide bonds. The Morgan fingerprint density at radius 1 is 0.500 bits per heavy atom. The summed E-state index contributed by atoms with van der Waals surface area (Å²) in [5.41, 5.74) is 0. The average Bonchev–Trinajstić information content (AvgIpc) is 3.20. The Hall–Kier alpha value is -0.760. The molecule has 0 rings (SSSR count). The molecule has 2 atom stereocenters. The lowest BCUT2D eigenvalue weighted by Gasteiger charge is -2.28. The molecule has 0 saturated carbocycles. The Morgan fingerprint density at radius 3 is 1.27 bits per heavy atom. The number of hydrogen-bond donors (Lipinski definition) is 0. The van der Waals surface area contributed by atoms with Gasteiger partial charge in [-0.15, -0.1) is 0 Å². The van der Waals surface area contributed by atoms with Gasteiger partial charge in [-0.2, -0.15) is 0 Å². The predicted molar refractivity (Wildman–Crippen MR) is 254 cm³/mol. The molecule has 0 saturated heterocycles. The third-order valence-electron chi connectivity index (χ3n) is 11.6. The van der Waals surface area contributed by atoms with Crippen LogP contribution in [0.5, 0.6) is 0 Å². The van der Waals surface area contributed by atoms with Crippen molar-refractivity contribution in [3.63, 3.8) is 0 Å². The quantitative estimate of drug-likeness (QED) is 0.0198. The van der Waals surface area contributed by atoms with E-state index in [-0.39, 0.29) is 25.8 Å². The van der Waals surface area contributed by atoms with Crippen molar-refractivity contribution < 1.29 is 37.3 Å². The van der Waals surface area contributed by atoms with Crippen molar-refractivity contribution in [2.24, 2.45) is 0 Å². The zero-order chi connectivity index (χ0) is 44.1. The molecule has 8 nitrogen and oxygen atoms in total. The molecule has 0 aromatic rings. The van der Waals surface area contributed by atoms with Crippen molar-refractivity contribution in [3.05, 3.63) is 12.2 Å². The molecule has 60 heavy (non-hydrogen) atoms. The highest BCUT2D eigenvalue weighted by Gasteiger charge is 2.20. The van der Waals surface area contributed by atoms with Crippen molar-refractivity contribution in [3.8, 4) is 0 Å². The van der Waals surface area contributed by atoms with E-state index in [2.05, 4.69) is 26.0 Å². The van der Waals surface area contributed by atoms with E-state index >= 15 is 0 Å². The van der Waals surface area contributed by atoms with E-state index in [0.29, 0.717) is 24.1 Å². The van der Waals surface area contributed by atoms with Crippen LogP contribution in [0.15, 0.2) is 12.2 Å². The van der Waals surface area contributed by atoms with Gasteiger partial charge in [0.15, 0.2) is 0 Å². The summed E-state index contributed by atoms with van der Waals surface area (Å²) >= 11 is 0. The van der Waals surface area contributed by atoms with Crippen LogP contribution < -0.4 is 4.89 Å². The summed E-state index contributed by atoms with van der Waals surface area (Å²) in [6, 6.07) is 0. The van der Waals surface area contributed by atoms with E-state index in [4.69, 9.17) is 18.5 Å². The highest BCUT2D eigenvalue weighted by atomic mass is 31.2. The molecule has 9 heteroatoms. The first-order valence-corrected chi connectivity index (χ1v) is 27.4. The van der Waals surface area contributed by atoms with Crippen LogP contribution in [-0.2, 0) is 27.9 Å². The number of carbonyl (C=O) groups excluding carboxylic acids is 1. The normalized spacial score (nSPS) is 13.6. The third kappa shape index (κ3) is 48.3. The van der Waals surface area contributed by atoms with Crippen LogP contribution in [0.4, 0.5) is 0 Å². The van der Waals surface area contributed by atoms with Gasteiger partial charge in [-0.1, -0.05) is 219 Å². The van der Waals surface area contributed by atoms with E-state index in [1.807, 2.05) is 21.1 Å². The molecule has 2 unspecified atom stereocenters. The lowest BCUT2D eigenvalue weighted by Crippen LogP contribution is -2.37. The number of phosphoric acid groups is 1. The molecule has 0 aliphatic carbocycles. The van der Waals surface area contributed by atoms with Crippen LogP contribution in [0.3, 0.4) is 0 Å². The molecule has 0 aromatic heterocycles. The van der Waals surface area contributed by atoms with Crippen molar-refractivity contribution in [1.29, 1.82) is 0 Å².